The summed E-state index contributed by atoms with van der Waals surface area (Å²) < 4.78 is 15.6. The Kier molecular flexibility index (Phi) is 6.20. The lowest BCUT2D eigenvalue weighted by Crippen LogP contribution is -2.36. The molecule has 1 aromatic carbocycles. The summed E-state index contributed by atoms with van der Waals surface area (Å²) in [5.41, 5.74) is 2.08. The van der Waals surface area contributed by atoms with Gasteiger partial charge in [-0.3, -0.25) is 14.5 Å². The van der Waals surface area contributed by atoms with E-state index in [0.717, 1.165) is 11.1 Å². The first-order valence-electron chi connectivity index (χ1n) is 8.03. The number of aryl methyl sites for hydroxylation is 1. The average molecular weight is 378 g/mol. The number of amides is 1. The van der Waals surface area contributed by atoms with Crippen molar-refractivity contribution >= 4 is 35.3 Å². The summed E-state index contributed by atoms with van der Waals surface area (Å²) in [5, 5.41) is 0.253. The van der Waals surface area contributed by atoms with Gasteiger partial charge in [-0.1, -0.05) is 0 Å². The molecule has 0 bridgehead atoms. The molecule has 0 aromatic heterocycles. The second kappa shape index (κ2) is 8.18. The third-order valence-electron chi connectivity index (χ3n) is 4.00. The Hall–Kier alpha value is -2.61. The zero-order chi connectivity index (χ0) is 19.4. The number of benzene rings is 1. The van der Waals surface area contributed by atoms with Gasteiger partial charge in [-0.15, -0.1) is 0 Å². The van der Waals surface area contributed by atoms with Gasteiger partial charge in [0.05, 0.1) is 20.8 Å². The molecule has 0 aliphatic carbocycles. The van der Waals surface area contributed by atoms with Gasteiger partial charge in [-0.2, -0.15) is 0 Å². The first-order chi connectivity index (χ1) is 12.3. The fraction of sp³-hybridized carbons (Fsp3) is 0.389. The van der Waals surface area contributed by atoms with Crippen LogP contribution in [0.1, 0.15) is 18.1 Å². The third-order valence-corrected chi connectivity index (χ3v) is 4.50. The monoisotopic (exact) mass is 378 g/mol. The maximum Gasteiger partial charge on any atom is 0.325 e. The number of carbonyl (C=O) groups excluding carboxylic acids is 2. The molecule has 1 saturated heterocycles. The molecule has 140 valence electrons. The first-order valence-corrected chi connectivity index (χ1v) is 8.44. The van der Waals surface area contributed by atoms with Gasteiger partial charge in [-0.05, 0) is 55.4 Å². The van der Waals surface area contributed by atoms with Gasteiger partial charge in [0.2, 0.25) is 0 Å². The summed E-state index contributed by atoms with van der Waals surface area (Å²) in [5.74, 6) is 0.334. The van der Waals surface area contributed by atoms with Crippen LogP contribution in [0, 0.1) is 6.92 Å². The molecular formula is C18H22N2O5S. The summed E-state index contributed by atoms with van der Waals surface area (Å²) in [6.45, 7) is 4.07. The molecule has 7 nitrogen and oxygen atoms in total. The molecular weight excluding hydrogens is 356 g/mol. The van der Waals surface area contributed by atoms with Crippen LogP contribution in [0.3, 0.4) is 0 Å². The molecule has 1 heterocycles. The van der Waals surface area contributed by atoms with E-state index in [-0.39, 0.29) is 17.6 Å². The summed E-state index contributed by atoms with van der Waals surface area (Å²) >= 11 is 5.28. The van der Waals surface area contributed by atoms with E-state index in [0.29, 0.717) is 23.8 Å². The molecule has 1 fully saturated rings. The molecule has 0 unspecified atom stereocenters. The van der Waals surface area contributed by atoms with E-state index in [9.17, 15) is 9.59 Å². The number of nitrogens with zero attached hydrogens (tertiary/aromatic N) is 2. The maximum atomic E-state index is 12.7. The molecule has 2 rings (SSSR count). The lowest BCUT2D eigenvalue weighted by atomic mass is 10.1. The van der Waals surface area contributed by atoms with Crippen molar-refractivity contribution in [1.29, 1.82) is 0 Å². The molecule has 0 N–H and O–H groups in total. The average Bonchev–Trinajstić information content (AvgIpc) is 2.82. The van der Waals surface area contributed by atoms with Crippen LogP contribution >= 0.6 is 12.2 Å². The van der Waals surface area contributed by atoms with E-state index in [1.807, 2.05) is 26.0 Å². The van der Waals surface area contributed by atoms with E-state index >= 15 is 0 Å². The zero-order valence-corrected chi connectivity index (χ0v) is 16.3. The van der Waals surface area contributed by atoms with Crippen LogP contribution in [0.2, 0.25) is 0 Å². The highest BCUT2D eigenvalue weighted by atomic mass is 32.1. The van der Waals surface area contributed by atoms with Crippen LogP contribution in [0.5, 0.6) is 11.5 Å². The van der Waals surface area contributed by atoms with Crippen molar-refractivity contribution in [1.82, 2.24) is 9.80 Å². The molecule has 1 aromatic rings. The van der Waals surface area contributed by atoms with Crippen molar-refractivity contribution < 1.29 is 23.8 Å². The van der Waals surface area contributed by atoms with Gasteiger partial charge < -0.3 is 19.1 Å². The SMILES string of the molecule is CCOc1cc(/C=C2/C(=O)N(CC(=O)OC)C(=S)N2C)c(C)cc1OC. The number of ether oxygens (including phenoxy) is 3. The number of carbonyl (C=O) groups is 2. The highest BCUT2D eigenvalue weighted by Crippen LogP contribution is 2.32. The third kappa shape index (κ3) is 3.80. The second-order valence-corrected chi connectivity index (χ2v) is 6.00. The minimum Gasteiger partial charge on any atom is -0.493 e. The number of likely N-dealkylation sites (N-methyl/N-ethyl adjacent to an activating group) is 1. The van der Waals surface area contributed by atoms with Crippen LogP contribution in [0.4, 0.5) is 0 Å². The first kappa shape index (κ1) is 19.7. The van der Waals surface area contributed by atoms with Crippen LogP contribution in [0.15, 0.2) is 17.8 Å². The molecule has 1 aliphatic heterocycles. The highest BCUT2D eigenvalue weighted by Gasteiger charge is 2.37. The van der Waals surface area contributed by atoms with Crippen molar-refractivity contribution in [3.63, 3.8) is 0 Å². The predicted octanol–water partition coefficient (Wildman–Crippen LogP) is 1.98. The Bertz CT molecular complexity index is 775. The Morgan fingerprint density at radius 1 is 1.27 bits per heavy atom. The van der Waals surface area contributed by atoms with Gasteiger partial charge >= 0.3 is 5.97 Å². The van der Waals surface area contributed by atoms with E-state index in [1.165, 1.54) is 12.0 Å². The quantitative estimate of drug-likeness (QED) is 0.426. The molecule has 8 heteroatoms. The standard InChI is InChI=1S/C18H22N2O5S/c1-6-25-15-9-12(11(2)7-14(15)23-4)8-13-17(22)20(10-16(21)24-5)18(26)19(13)3/h7-9H,6,10H2,1-5H3/b13-8-. The van der Waals surface area contributed by atoms with Crippen molar-refractivity contribution in [3.8, 4) is 11.5 Å². The van der Waals surface area contributed by atoms with Crippen LogP contribution < -0.4 is 9.47 Å². The molecule has 1 amide bonds. The van der Waals surface area contributed by atoms with Gasteiger partial charge in [0.15, 0.2) is 16.6 Å². The number of hydrogen-bond acceptors (Lipinski definition) is 6. The van der Waals surface area contributed by atoms with Crippen molar-refractivity contribution in [2.45, 2.75) is 13.8 Å². The number of esters is 1. The minimum absolute atomic E-state index is 0.221. The van der Waals surface area contributed by atoms with Crippen molar-refractivity contribution in [2.75, 3.05) is 34.4 Å². The Labute approximate surface area is 158 Å². The maximum absolute atomic E-state index is 12.7. The molecule has 26 heavy (non-hydrogen) atoms. The lowest BCUT2D eigenvalue weighted by molar-refractivity contribution is -0.143. The Morgan fingerprint density at radius 3 is 2.54 bits per heavy atom. The molecule has 1 aliphatic rings. The summed E-state index contributed by atoms with van der Waals surface area (Å²) in [7, 11) is 4.53. The van der Waals surface area contributed by atoms with Crippen molar-refractivity contribution in [3.05, 3.63) is 29.0 Å². The smallest absolute Gasteiger partial charge is 0.325 e. The number of methoxy groups -OCH3 is 2. The summed E-state index contributed by atoms with van der Waals surface area (Å²) in [6.07, 6.45) is 1.73. The van der Waals surface area contributed by atoms with Gasteiger partial charge in [0.25, 0.3) is 5.91 Å². The van der Waals surface area contributed by atoms with E-state index in [4.69, 9.17) is 21.7 Å². The van der Waals surface area contributed by atoms with Gasteiger partial charge in [0, 0.05) is 7.05 Å². The minimum atomic E-state index is -0.533. The second-order valence-electron chi connectivity index (χ2n) is 5.63. The fourth-order valence-corrected chi connectivity index (χ4v) is 2.80. The summed E-state index contributed by atoms with van der Waals surface area (Å²) in [4.78, 5) is 27.0. The van der Waals surface area contributed by atoms with Gasteiger partial charge in [-0.25, -0.2) is 0 Å². The zero-order valence-electron chi connectivity index (χ0n) is 15.5. The van der Waals surface area contributed by atoms with Crippen molar-refractivity contribution in [2.24, 2.45) is 0 Å². The molecule has 0 radical (unpaired) electrons. The molecule has 0 atom stereocenters. The predicted molar refractivity (Wildman–Crippen MR) is 101 cm³/mol. The fourth-order valence-electron chi connectivity index (χ4n) is 2.55. The topological polar surface area (TPSA) is 68.3 Å². The van der Waals surface area contributed by atoms with E-state index in [1.54, 1.807) is 25.1 Å². The number of hydrogen-bond donors (Lipinski definition) is 0. The van der Waals surface area contributed by atoms with E-state index < -0.39 is 5.97 Å². The molecule has 0 saturated carbocycles. The Balaban J connectivity index is 2.42. The number of rotatable bonds is 6. The van der Waals surface area contributed by atoms with Crippen LogP contribution in [-0.2, 0) is 14.3 Å². The van der Waals surface area contributed by atoms with Gasteiger partial charge in [0.1, 0.15) is 12.2 Å². The highest BCUT2D eigenvalue weighted by molar-refractivity contribution is 7.80. The number of thiocarbonyl (C=S) groups is 1. The largest absolute Gasteiger partial charge is 0.493 e. The summed E-state index contributed by atoms with van der Waals surface area (Å²) in [6, 6.07) is 3.67. The van der Waals surface area contributed by atoms with Crippen LogP contribution in [0.25, 0.3) is 6.08 Å². The van der Waals surface area contributed by atoms with E-state index in [2.05, 4.69) is 4.74 Å². The lowest BCUT2D eigenvalue weighted by Gasteiger charge is -2.15. The Morgan fingerprint density at radius 2 is 1.96 bits per heavy atom. The molecule has 0 spiro atoms. The van der Waals surface area contributed by atoms with Crippen LogP contribution in [-0.4, -0.2) is 61.2 Å². The normalized spacial score (nSPS) is 15.7.